The highest BCUT2D eigenvalue weighted by Gasteiger charge is 2.38. The van der Waals surface area contributed by atoms with Gasteiger partial charge in [0.2, 0.25) is 5.91 Å². The van der Waals surface area contributed by atoms with E-state index >= 15 is 0 Å². The molecule has 2 fully saturated rings. The molecule has 5 nitrogen and oxygen atoms in total. The van der Waals surface area contributed by atoms with Gasteiger partial charge in [0.05, 0.1) is 18.2 Å². The van der Waals surface area contributed by atoms with Gasteiger partial charge in [0.15, 0.2) is 0 Å². The van der Waals surface area contributed by atoms with Crippen LogP contribution in [0.5, 0.6) is 0 Å². The molecule has 0 aromatic heterocycles. The maximum absolute atomic E-state index is 12.0. The van der Waals surface area contributed by atoms with Gasteiger partial charge in [0, 0.05) is 13.1 Å². The predicted octanol–water partition coefficient (Wildman–Crippen LogP) is 0.786. The van der Waals surface area contributed by atoms with Crippen molar-refractivity contribution in [3.05, 3.63) is 0 Å². The normalized spacial score (nSPS) is 25.7. The first-order valence-corrected chi connectivity index (χ1v) is 7.12. The molecule has 19 heavy (non-hydrogen) atoms. The first-order valence-electron chi connectivity index (χ1n) is 7.12. The van der Waals surface area contributed by atoms with Gasteiger partial charge in [-0.15, -0.1) is 0 Å². The molecule has 0 spiro atoms. The van der Waals surface area contributed by atoms with Gasteiger partial charge in [-0.3, -0.25) is 9.69 Å². The number of carbonyl (C=O) groups is 1. The molecule has 1 aliphatic heterocycles. The third-order valence-electron chi connectivity index (χ3n) is 4.05. The largest absolute Gasteiger partial charge is 0.388 e. The summed E-state index contributed by atoms with van der Waals surface area (Å²) in [4.78, 5) is 13.9. The zero-order valence-electron chi connectivity index (χ0n) is 11.6. The Labute approximate surface area is 114 Å². The lowest BCUT2D eigenvalue weighted by Crippen LogP contribution is -2.62. The van der Waals surface area contributed by atoms with Crippen molar-refractivity contribution in [2.75, 3.05) is 19.6 Å². The van der Waals surface area contributed by atoms with E-state index < -0.39 is 11.1 Å². The molecule has 1 heterocycles. The molecule has 2 rings (SSSR count). The fourth-order valence-electron chi connectivity index (χ4n) is 3.14. The monoisotopic (exact) mass is 265 g/mol. The summed E-state index contributed by atoms with van der Waals surface area (Å²) < 4.78 is 0. The molecule has 106 valence electrons. The third-order valence-corrected chi connectivity index (χ3v) is 4.05. The summed E-state index contributed by atoms with van der Waals surface area (Å²) in [7, 11) is 0. The molecule has 0 bridgehead atoms. The summed E-state index contributed by atoms with van der Waals surface area (Å²) in [6, 6.07) is 2.31. The van der Waals surface area contributed by atoms with Crippen molar-refractivity contribution >= 4 is 5.91 Å². The summed E-state index contributed by atoms with van der Waals surface area (Å²) >= 11 is 0. The van der Waals surface area contributed by atoms with Gasteiger partial charge in [-0.1, -0.05) is 25.7 Å². The minimum Gasteiger partial charge on any atom is -0.388 e. The molecule has 5 heteroatoms. The highest BCUT2D eigenvalue weighted by Crippen LogP contribution is 2.27. The Bertz CT molecular complexity index is 371. The molecule has 0 aromatic carbocycles. The van der Waals surface area contributed by atoms with Crippen LogP contribution in [0.3, 0.4) is 0 Å². The molecule has 1 saturated carbocycles. The van der Waals surface area contributed by atoms with Crippen LogP contribution in [-0.4, -0.2) is 46.7 Å². The number of nitrogens with one attached hydrogen (secondary N) is 1. The van der Waals surface area contributed by atoms with Crippen LogP contribution < -0.4 is 5.32 Å². The second-order valence-electron chi connectivity index (χ2n) is 6.30. The quantitative estimate of drug-likeness (QED) is 0.740. The first kappa shape index (κ1) is 14.3. The molecule has 0 atom stereocenters. The first-order chi connectivity index (χ1) is 8.95. The van der Waals surface area contributed by atoms with Crippen LogP contribution in [0.2, 0.25) is 0 Å². The van der Waals surface area contributed by atoms with Crippen LogP contribution in [0.1, 0.15) is 45.4 Å². The minimum absolute atomic E-state index is 0.0982. The predicted molar refractivity (Wildman–Crippen MR) is 71.3 cm³/mol. The summed E-state index contributed by atoms with van der Waals surface area (Å²) in [6.45, 7) is 3.10. The lowest BCUT2D eigenvalue weighted by atomic mass is 9.91. The second kappa shape index (κ2) is 5.48. The Kier molecular flexibility index (Phi) is 4.12. The molecular formula is C14H23N3O2. The van der Waals surface area contributed by atoms with Crippen LogP contribution in [0.15, 0.2) is 0 Å². The van der Waals surface area contributed by atoms with Gasteiger partial charge in [0.25, 0.3) is 0 Å². The lowest BCUT2D eigenvalue weighted by molar-refractivity contribution is -0.131. The molecular weight excluding hydrogens is 242 g/mol. The zero-order valence-corrected chi connectivity index (χ0v) is 11.6. The molecule has 2 N–H and O–H groups in total. The van der Waals surface area contributed by atoms with E-state index in [0.29, 0.717) is 13.1 Å². The molecule has 1 amide bonds. The van der Waals surface area contributed by atoms with E-state index in [2.05, 4.69) is 11.4 Å². The van der Waals surface area contributed by atoms with Crippen LogP contribution >= 0.6 is 0 Å². The van der Waals surface area contributed by atoms with Gasteiger partial charge in [-0.25, -0.2) is 0 Å². The van der Waals surface area contributed by atoms with Gasteiger partial charge >= 0.3 is 0 Å². The fourth-order valence-corrected chi connectivity index (χ4v) is 3.14. The summed E-state index contributed by atoms with van der Waals surface area (Å²) in [5.74, 6) is -0.0982. The zero-order chi connectivity index (χ0) is 13.9. The Balaban J connectivity index is 1.84. The van der Waals surface area contributed by atoms with Crippen molar-refractivity contribution in [3.63, 3.8) is 0 Å². The highest BCUT2D eigenvalue weighted by atomic mass is 16.3. The third kappa shape index (κ3) is 3.68. The van der Waals surface area contributed by atoms with Gasteiger partial charge in [-0.2, -0.15) is 5.26 Å². The maximum Gasteiger partial charge on any atom is 0.235 e. The van der Waals surface area contributed by atoms with Gasteiger partial charge in [-0.05, 0) is 19.8 Å². The van der Waals surface area contributed by atoms with Crippen molar-refractivity contribution in [2.45, 2.75) is 56.6 Å². The average Bonchev–Trinajstić information content (AvgIpc) is 2.53. The molecule has 1 saturated heterocycles. The van der Waals surface area contributed by atoms with E-state index in [1.807, 2.05) is 4.90 Å². The Morgan fingerprint density at radius 1 is 1.32 bits per heavy atom. The van der Waals surface area contributed by atoms with Crippen molar-refractivity contribution in [1.29, 1.82) is 5.26 Å². The van der Waals surface area contributed by atoms with E-state index in [-0.39, 0.29) is 12.5 Å². The minimum atomic E-state index is -0.666. The number of nitriles is 1. The SMILES string of the molecule is CC1(O)CN(CC(=O)NC2(C#N)CCCCCC2)C1. The van der Waals surface area contributed by atoms with E-state index in [0.717, 1.165) is 38.5 Å². The number of nitrogens with zero attached hydrogens (tertiary/aromatic N) is 2. The number of β-amino-alcohol motifs (C(OH)–C–C–N with tert-alkyl or cyclic N) is 1. The van der Waals surface area contributed by atoms with Crippen LogP contribution in [0.25, 0.3) is 0 Å². The Morgan fingerprint density at radius 3 is 2.37 bits per heavy atom. The number of hydrogen-bond donors (Lipinski definition) is 2. The molecule has 1 aliphatic carbocycles. The van der Waals surface area contributed by atoms with Gasteiger partial charge in [0.1, 0.15) is 5.54 Å². The van der Waals surface area contributed by atoms with Crippen molar-refractivity contribution < 1.29 is 9.90 Å². The second-order valence-corrected chi connectivity index (χ2v) is 6.30. The van der Waals surface area contributed by atoms with Crippen LogP contribution in [-0.2, 0) is 4.79 Å². The summed E-state index contributed by atoms with van der Waals surface area (Å²) in [5, 5.41) is 21.9. The smallest absolute Gasteiger partial charge is 0.235 e. The van der Waals surface area contributed by atoms with Crippen molar-refractivity contribution in [2.24, 2.45) is 0 Å². The van der Waals surface area contributed by atoms with E-state index in [4.69, 9.17) is 0 Å². The number of rotatable bonds is 3. The number of likely N-dealkylation sites (tertiary alicyclic amines) is 1. The number of carbonyl (C=O) groups excluding carboxylic acids is 1. The molecule has 0 aromatic rings. The maximum atomic E-state index is 12.0. The van der Waals surface area contributed by atoms with E-state index in [1.165, 1.54) is 0 Å². The number of amides is 1. The van der Waals surface area contributed by atoms with Crippen molar-refractivity contribution in [3.8, 4) is 6.07 Å². The topological polar surface area (TPSA) is 76.4 Å². The lowest BCUT2D eigenvalue weighted by Gasteiger charge is -2.44. The molecule has 0 radical (unpaired) electrons. The van der Waals surface area contributed by atoms with Crippen LogP contribution in [0, 0.1) is 11.3 Å². The van der Waals surface area contributed by atoms with Crippen LogP contribution in [0.4, 0.5) is 0 Å². The number of aliphatic hydroxyl groups is 1. The Hall–Kier alpha value is -1.12. The standard InChI is InChI=1S/C14H23N3O2/c1-13(19)10-17(11-13)8-12(18)16-14(9-15)6-4-2-3-5-7-14/h19H,2-8,10-11H2,1H3,(H,16,18). The molecule has 2 aliphatic rings. The summed E-state index contributed by atoms with van der Waals surface area (Å²) in [6.07, 6.45) is 5.82. The van der Waals surface area contributed by atoms with Gasteiger partial charge < -0.3 is 10.4 Å². The molecule has 0 unspecified atom stereocenters. The summed E-state index contributed by atoms with van der Waals surface area (Å²) in [5.41, 5.74) is -1.32. The van der Waals surface area contributed by atoms with E-state index in [9.17, 15) is 15.2 Å². The fraction of sp³-hybridized carbons (Fsp3) is 0.857. The van der Waals surface area contributed by atoms with E-state index in [1.54, 1.807) is 6.92 Å². The highest BCUT2D eigenvalue weighted by molar-refractivity contribution is 5.79. The average molecular weight is 265 g/mol. The Morgan fingerprint density at radius 2 is 1.89 bits per heavy atom. The number of hydrogen-bond acceptors (Lipinski definition) is 4. The van der Waals surface area contributed by atoms with Crippen molar-refractivity contribution in [1.82, 2.24) is 10.2 Å².